The van der Waals surface area contributed by atoms with Gasteiger partial charge in [0, 0.05) is 12.3 Å². The summed E-state index contributed by atoms with van der Waals surface area (Å²) in [6.07, 6.45) is 0. The van der Waals surface area contributed by atoms with Gasteiger partial charge in [0.15, 0.2) is 4.34 Å². The van der Waals surface area contributed by atoms with Crippen molar-refractivity contribution in [3.05, 3.63) is 5.01 Å². The van der Waals surface area contributed by atoms with E-state index in [0.717, 1.165) is 16.6 Å². The molecule has 1 aromatic rings. The van der Waals surface area contributed by atoms with Gasteiger partial charge in [0.25, 0.3) is 0 Å². The number of thioether (sulfide) groups is 1. The quantitative estimate of drug-likeness (QED) is 0.569. The molecule has 0 saturated heterocycles. The van der Waals surface area contributed by atoms with E-state index in [2.05, 4.69) is 15.1 Å². The second-order valence-corrected chi connectivity index (χ2v) is 5.56. The Bertz CT molecular complexity index is 341. The predicted molar refractivity (Wildman–Crippen MR) is 65.1 cm³/mol. The molecule has 0 aliphatic rings. The number of hydrogen-bond donors (Lipinski definition) is 0. The number of esters is 1. The lowest BCUT2D eigenvalue weighted by molar-refractivity contribution is 0.0525. The first-order valence-electron chi connectivity index (χ1n) is 4.91. The van der Waals surface area contributed by atoms with Crippen molar-refractivity contribution in [2.24, 2.45) is 0 Å². The zero-order valence-corrected chi connectivity index (χ0v) is 11.2. The highest BCUT2D eigenvalue weighted by atomic mass is 32.2. The number of carbonyl (C=O) groups excluding carboxylic acids is 1. The molecule has 1 rings (SSSR count). The fourth-order valence-corrected chi connectivity index (χ4v) is 2.78. The van der Waals surface area contributed by atoms with Crippen LogP contribution >= 0.6 is 23.1 Å². The fourth-order valence-electron chi connectivity index (χ4n) is 0.859. The van der Waals surface area contributed by atoms with Crippen LogP contribution in [0.1, 0.15) is 16.7 Å². The standard InChI is InChI=1S/C9H15N3O2S2/c1-4-14-8(13)7-10-11-9(16-7)15-6-5-12(2)3/h4-6H2,1-3H3. The monoisotopic (exact) mass is 261 g/mol. The lowest BCUT2D eigenvalue weighted by Gasteiger charge is -2.06. The van der Waals surface area contributed by atoms with Crippen molar-refractivity contribution in [3.63, 3.8) is 0 Å². The Morgan fingerprint density at radius 2 is 2.25 bits per heavy atom. The summed E-state index contributed by atoms with van der Waals surface area (Å²) >= 11 is 2.88. The van der Waals surface area contributed by atoms with E-state index < -0.39 is 0 Å². The van der Waals surface area contributed by atoms with E-state index in [0.29, 0.717) is 11.6 Å². The molecular weight excluding hydrogens is 246 g/mol. The zero-order valence-electron chi connectivity index (χ0n) is 9.60. The summed E-state index contributed by atoms with van der Waals surface area (Å²) in [4.78, 5) is 13.4. The summed E-state index contributed by atoms with van der Waals surface area (Å²) < 4.78 is 5.65. The number of aromatic nitrogens is 2. The van der Waals surface area contributed by atoms with Gasteiger partial charge in [-0.3, -0.25) is 0 Å². The molecule has 7 heteroatoms. The van der Waals surface area contributed by atoms with Crippen LogP contribution in [-0.4, -0.2) is 54.1 Å². The molecule has 1 heterocycles. The molecule has 0 bridgehead atoms. The molecule has 0 atom stereocenters. The molecule has 5 nitrogen and oxygen atoms in total. The summed E-state index contributed by atoms with van der Waals surface area (Å²) in [5.74, 6) is 0.546. The molecule has 0 unspecified atom stereocenters. The van der Waals surface area contributed by atoms with E-state index in [1.165, 1.54) is 11.3 Å². The van der Waals surface area contributed by atoms with Crippen LogP contribution in [-0.2, 0) is 4.74 Å². The van der Waals surface area contributed by atoms with E-state index in [1.54, 1.807) is 18.7 Å². The van der Waals surface area contributed by atoms with Crippen LogP contribution in [0.3, 0.4) is 0 Å². The van der Waals surface area contributed by atoms with Crippen LogP contribution < -0.4 is 0 Å². The van der Waals surface area contributed by atoms with E-state index in [1.807, 2.05) is 14.1 Å². The van der Waals surface area contributed by atoms with E-state index in [-0.39, 0.29) is 5.97 Å². The number of carbonyl (C=O) groups is 1. The second kappa shape index (κ2) is 6.82. The van der Waals surface area contributed by atoms with Crippen LogP contribution in [0.15, 0.2) is 4.34 Å². The smallest absolute Gasteiger partial charge is 0.369 e. The zero-order chi connectivity index (χ0) is 12.0. The van der Waals surface area contributed by atoms with Crippen molar-refractivity contribution in [1.82, 2.24) is 15.1 Å². The summed E-state index contributed by atoms with van der Waals surface area (Å²) in [5.41, 5.74) is 0. The Kier molecular flexibility index (Phi) is 5.72. The Morgan fingerprint density at radius 3 is 2.88 bits per heavy atom. The normalized spacial score (nSPS) is 10.8. The summed E-state index contributed by atoms with van der Waals surface area (Å²) in [6.45, 7) is 3.10. The van der Waals surface area contributed by atoms with Crippen molar-refractivity contribution in [3.8, 4) is 0 Å². The molecule has 0 amide bonds. The first-order valence-corrected chi connectivity index (χ1v) is 6.72. The van der Waals surface area contributed by atoms with Gasteiger partial charge >= 0.3 is 5.97 Å². The van der Waals surface area contributed by atoms with E-state index in [9.17, 15) is 4.79 Å². The van der Waals surface area contributed by atoms with Crippen LogP contribution in [0.5, 0.6) is 0 Å². The van der Waals surface area contributed by atoms with Crippen LogP contribution in [0.2, 0.25) is 0 Å². The molecule has 0 saturated carbocycles. The number of hydrogen-bond acceptors (Lipinski definition) is 7. The van der Waals surface area contributed by atoms with Gasteiger partial charge in [-0.05, 0) is 21.0 Å². The molecule has 0 aromatic carbocycles. The lowest BCUT2D eigenvalue weighted by Crippen LogP contribution is -2.14. The highest BCUT2D eigenvalue weighted by molar-refractivity contribution is 8.01. The maximum Gasteiger partial charge on any atom is 0.369 e. The highest BCUT2D eigenvalue weighted by Gasteiger charge is 2.13. The molecule has 0 aliphatic carbocycles. The summed E-state index contributed by atoms with van der Waals surface area (Å²) in [7, 11) is 4.04. The van der Waals surface area contributed by atoms with Crippen LogP contribution in [0.25, 0.3) is 0 Å². The predicted octanol–water partition coefficient (Wildman–Crippen LogP) is 1.37. The van der Waals surface area contributed by atoms with E-state index in [4.69, 9.17) is 4.74 Å². The maximum atomic E-state index is 11.3. The maximum absolute atomic E-state index is 11.3. The van der Waals surface area contributed by atoms with Crippen molar-refractivity contribution in [1.29, 1.82) is 0 Å². The van der Waals surface area contributed by atoms with Crippen LogP contribution in [0.4, 0.5) is 0 Å². The summed E-state index contributed by atoms with van der Waals surface area (Å²) in [5, 5.41) is 8.05. The number of rotatable bonds is 6. The summed E-state index contributed by atoms with van der Waals surface area (Å²) in [6, 6.07) is 0. The number of ether oxygens (including phenoxy) is 1. The van der Waals surface area contributed by atoms with Gasteiger partial charge in [0.2, 0.25) is 5.01 Å². The minimum atomic E-state index is -0.389. The Balaban J connectivity index is 2.42. The SMILES string of the molecule is CCOC(=O)c1nnc(SCCN(C)C)s1. The van der Waals surface area contributed by atoms with E-state index >= 15 is 0 Å². The average Bonchev–Trinajstić information content (AvgIpc) is 2.66. The van der Waals surface area contributed by atoms with Gasteiger partial charge in [0.1, 0.15) is 0 Å². The molecule has 90 valence electrons. The molecule has 0 spiro atoms. The highest BCUT2D eigenvalue weighted by Crippen LogP contribution is 2.22. The van der Waals surface area contributed by atoms with Crippen molar-refractivity contribution in [2.45, 2.75) is 11.3 Å². The minimum Gasteiger partial charge on any atom is -0.461 e. The Hall–Kier alpha value is -0.660. The molecule has 0 fully saturated rings. The van der Waals surface area contributed by atoms with Gasteiger partial charge in [-0.25, -0.2) is 4.79 Å². The molecule has 1 aromatic heterocycles. The van der Waals surface area contributed by atoms with Gasteiger partial charge in [-0.2, -0.15) is 0 Å². The minimum absolute atomic E-state index is 0.328. The first kappa shape index (κ1) is 13.4. The molecule has 0 aliphatic heterocycles. The van der Waals surface area contributed by atoms with Gasteiger partial charge in [-0.1, -0.05) is 23.1 Å². The molecular formula is C9H15N3O2S2. The number of nitrogens with zero attached hydrogens (tertiary/aromatic N) is 3. The van der Waals surface area contributed by atoms with Crippen molar-refractivity contribution >= 4 is 29.1 Å². The molecule has 0 N–H and O–H groups in total. The molecule has 0 radical (unpaired) electrons. The van der Waals surface area contributed by atoms with Gasteiger partial charge in [-0.15, -0.1) is 10.2 Å². The largest absolute Gasteiger partial charge is 0.461 e. The Labute approximate surface area is 103 Å². The third-order valence-corrected chi connectivity index (χ3v) is 3.64. The van der Waals surface area contributed by atoms with Crippen molar-refractivity contribution in [2.75, 3.05) is 33.0 Å². The van der Waals surface area contributed by atoms with Gasteiger partial charge < -0.3 is 9.64 Å². The third kappa shape index (κ3) is 4.46. The third-order valence-electron chi connectivity index (χ3n) is 1.62. The van der Waals surface area contributed by atoms with Crippen LogP contribution in [0, 0.1) is 0 Å². The fraction of sp³-hybridized carbons (Fsp3) is 0.667. The topological polar surface area (TPSA) is 55.3 Å². The second-order valence-electron chi connectivity index (χ2n) is 3.25. The van der Waals surface area contributed by atoms with Gasteiger partial charge in [0.05, 0.1) is 6.61 Å². The van der Waals surface area contributed by atoms with Crippen molar-refractivity contribution < 1.29 is 9.53 Å². The lowest BCUT2D eigenvalue weighted by atomic mass is 10.7. The average molecular weight is 261 g/mol. The molecule has 16 heavy (non-hydrogen) atoms. The Morgan fingerprint density at radius 1 is 1.50 bits per heavy atom. The first-order chi connectivity index (χ1) is 7.63.